The number of nitrogens with zero attached hydrogens (tertiary/aromatic N) is 1. The summed E-state index contributed by atoms with van der Waals surface area (Å²) in [6, 6.07) is 10.5. The fraction of sp³-hybridized carbons (Fsp3) is 0.294. The molecule has 1 aromatic carbocycles. The Morgan fingerprint density at radius 3 is 2.56 bits per heavy atom. The molecule has 0 saturated heterocycles. The molecular weight excluding hydrogens is 385 g/mol. The highest BCUT2D eigenvalue weighted by Crippen LogP contribution is 2.28. The number of nitrogens with two attached hydrogens (primary N) is 1. The third kappa shape index (κ3) is 7.08. The molecule has 2 atom stereocenters. The number of anilines is 1. The lowest BCUT2D eigenvalue weighted by Gasteiger charge is -2.16. The lowest BCUT2D eigenvalue weighted by Crippen LogP contribution is -2.34. The number of carbonyl (C=O) groups is 1. The first-order valence-corrected chi connectivity index (χ1v) is 7.74. The van der Waals surface area contributed by atoms with Crippen LogP contribution in [0.15, 0.2) is 42.6 Å². The number of hydrogen-bond acceptors (Lipinski definition) is 4. The van der Waals surface area contributed by atoms with Crippen LogP contribution in [0.2, 0.25) is 5.02 Å². The molecular formula is C17H22Cl3N3O2. The maximum Gasteiger partial charge on any atom is 0.228 e. The number of hydrogen-bond donors (Lipinski definition) is 2. The molecule has 0 aliphatic carbocycles. The number of rotatable bonds is 6. The van der Waals surface area contributed by atoms with E-state index in [1.165, 1.54) is 0 Å². The van der Waals surface area contributed by atoms with Gasteiger partial charge in [-0.1, -0.05) is 24.6 Å². The summed E-state index contributed by atoms with van der Waals surface area (Å²) in [4.78, 5) is 16.2. The van der Waals surface area contributed by atoms with Gasteiger partial charge in [0.2, 0.25) is 5.91 Å². The number of amides is 1. The molecule has 138 valence electrons. The molecule has 0 radical (unpaired) electrons. The van der Waals surface area contributed by atoms with Crippen LogP contribution in [-0.4, -0.2) is 16.9 Å². The van der Waals surface area contributed by atoms with Crippen LogP contribution >= 0.6 is 36.4 Å². The first-order valence-electron chi connectivity index (χ1n) is 7.36. The third-order valence-electron chi connectivity index (χ3n) is 3.50. The van der Waals surface area contributed by atoms with E-state index in [1.54, 1.807) is 38.2 Å². The number of pyridine rings is 1. The largest absolute Gasteiger partial charge is 0.486 e. The molecule has 2 unspecified atom stereocenters. The third-order valence-corrected chi connectivity index (χ3v) is 3.80. The van der Waals surface area contributed by atoms with E-state index in [2.05, 4.69) is 10.3 Å². The number of nitrogens with one attached hydrogen (secondary N) is 1. The van der Waals surface area contributed by atoms with E-state index >= 15 is 0 Å². The maximum atomic E-state index is 12.0. The Labute approximate surface area is 165 Å². The highest BCUT2D eigenvalue weighted by molar-refractivity contribution is 6.32. The highest BCUT2D eigenvalue weighted by Gasteiger charge is 2.17. The molecule has 0 saturated carbocycles. The molecule has 0 aliphatic rings. The van der Waals surface area contributed by atoms with Gasteiger partial charge in [0, 0.05) is 17.9 Å². The second kappa shape index (κ2) is 11.2. The Morgan fingerprint density at radius 2 is 2.00 bits per heavy atom. The fourth-order valence-corrected chi connectivity index (χ4v) is 2.06. The van der Waals surface area contributed by atoms with E-state index in [9.17, 15) is 4.79 Å². The zero-order valence-corrected chi connectivity index (χ0v) is 16.3. The van der Waals surface area contributed by atoms with Crippen molar-refractivity contribution in [1.82, 2.24) is 4.98 Å². The molecule has 25 heavy (non-hydrogen) atoms. The van der Waals surface area contributed by atoms with E-state index in [0.29, 0.717) is 23.1 Å². The van der Waals surface area contributed by atoms with Crippen molar-refractivity contribution in [2.75, 3.05) is 5.32 Å². The number of benzene rings is 1. The molecule has 1 heterocycles. The van der Waals surface area contributed by atoms with E-state index in [1.807, 2.05) is 18.2 Å². The molecule has 0 aliphatic heterocycles. The Morgan fingerprint density at radius 1 is 1.28 bits per heavy atom. The van der Waals surface area contributed by atoms with E-state index < -0.39 is 0 Å². The molecule has 1 amide bonds. The van der Waals surface area contributed by atoms with Gasteiger partial charge in [-0.05, 0) is 37.3 Å². The van der Waals surface area contributed by atoms with Gasteiger partial charge in [-0.15, -0.1) is 24.8 Å². The molecule has 3 N–H and O–H groups in total. The van der Waals surface area contributed by atoms with Gasteiger partial charge in [0.15, 0.2) is 0 Å². The average Bonchev–Trinajstić information content (AvgIpc) is 2.54. The summed E-state index contributed by atoms with van der Waals surface area (Å²) in [5.74, 6) is 0.114. The van der Waals surface area contributed by atoms with Crippen LogP contribution in [0.5, 0.6) is 5.75 Å². The van der Waals surface area contributed by atoms with Crippen LogP contribution < -0.4 is 15.8 Å². The average molecular weight is 407 g/mol. The van der Waals surface area contributed by atoms with Gasteiger partial charge in [-0.25, -0.2) is 0 Å². The second-order valence-electron chi connectivity index (χ2n) is 5.39. The van der Waals surface area contributed by atoms with Crippen LogP contribution in [0.4, 0.5) is 5.69 Å². The predicted octanol–water partition coefficient (Wildman–Crippen LogP) is 4.08. The van der Waals surface area contributed by atoms with E-state index in [-0.39, 0.29) is 42.7 Å². The summed E-state index contributed by atoms with van der Waals surface area (Å²) in [5, 5.41) is 3.22. The Bertz CT molecular complexity index is 669. The van der Waals surface area contributed by atoms with Crippen LogP contribution in [-0.2, 0) is 11.4 Å². The van der Waals surface area contributed by atoms with Gasteiger partial charge in [0.1, 0.15) is 12.4 Å². The first-order chi connectivity index (χ1) is 11.0. The highest BCUT2D eigenvalue weighted by atomic mass is 35.5. The van der Waals surface area contributed by atoms with Gasteiger partial charge in [-0.2, -0.15) is 0 Å². The monoisotopic (exact) mass is 405 g/mol. The summed E-state index contributed by atoms with van der Waals surface area (Å²) in [6.07, 6.45) is 1.71. The van der Waals surface area contributed by atoms with Crippen LogP contribution in [0, 0.1) is 5.92 Å². The lowest BCUT2D eigenvalue weighted by atomic mass is 10.0. The summed E-state index contributed by atoms with van der Waals surface area (Å²) < 4.78 is 5.64. The minimum absolute atomic E-state index is 0. The minimum Gasteiger partial charge on any atom is -0.486 e. The van der Waals surface area contributed by atoms with Crippen molar-refractivity contribution < 1.29 is 9.53 Å². The molecule has 2 aromatic rings. The van der Waals surface area contributed by atoms with Crippen molar-refractivity contribution in [3.63, 3.8) is 0 Å². The van der Waals surface area contributed by atoms with Crippen molar-refractivity contribution in [3.8, 4) is 5.75 Å². The zero-order valence-electron chi connectivity index (χ0n) is 13.9. The summed E-state index contributed by atoms with van der Waals surface area (Å²) >= 11 is 6.20. The van der Waals surface area contributed by atoms with Gasteiger partial charge >= 0.3 is 0 Å². The predicted molar refractivity (Wildman–Crippen MR) is 106 cm³/mol. The van der Waals surface area contributed by atoms with Crippen LogP contribution in [0.1, 0.15) is 19.5 Å². The summed E-state index contributed by atoms with van der Waals surface area (Å²) in [6.45, 7) is 3.91. The number of aromatic nitrogens is 1. The standard InChI is InChI=1S/C17H20ClN3O2.2ClH/c1-11(12(2)19)17(22)21-13-6-7-16(15(18)9-13)23-10-14-5-3-4-8-20-14;;/h3-9,11-12H,10,19H2,1-2H3,(H,21,22);2*1H. The minimum atomic E-state index is -0.283. The topological polar surface area (TPSA) is 77.2 Å². The smallest absolute Gasteiger partial charge is 0.228 e. The van der Waals surface area contributed by atoms with Crippen molar-refractivity contribution in [2.24, 2.45) is 11.7 Å². The summed E-state index contributed by atoms with van der Waals surface area (Å²) in [7, 11) is 0. The SMILES string of the molecule is CC(N)C(C)C(=O)Nc1ccc(OCc2ccccn2)c(Cl)c1.Cl.Cl. The van der Waals surface area contributed by atoms with Gasteiger partial charge in [-0.3, -0.25) is 9.78 Å². The van der Waals surface area contributed by atoms with Gasteiger partial charge < -0.3 is 15.8 Å². The van der Waals surface area contributed by atoms with Crippen molar-refractivity contribution >= 4 is 48.0 Å². The van der Waals surface area contributed by atoms with Crippen LogP contribution in [0.25, 0.3) is 0 Å². The Kier molecular flexibility index (Phi) is 10.5. The molecule has 2 rings (SSSR count). The Hall–Kier alpha value is -1.53. The molecule has 0 bridgehead atoms. The second-order valence-corrected chi connectivity index (χ2v) is 5.80. The molecule has 5 nitrogen and oxygen atoms in total. The molecule has 0 fully saturated rings. The number of carbonyl (C=O) groups excluding carboxylic acids is 1. The first kappa shape index (κ1) is 23.5. The van der Waals surface area contributed by atoms with Crippen molar-refractivity contribution in [2.45, 2.75) is 26.5 Å². The molecule has 0 spiro atoms. The summed E-state index contributed by atoms with van der Waals surface area (Å²) in [5.41, 5.74) is 7.15. The maximum absolute atomic E-state index is 12.0. The zero-order chi connectivity index (χ0) is 16.8. The van der Waals surface area contributed by atoms with E-state index in [0.717, 1.165) is 5.69 Å². The van der Waals surface area contributed by atoms with Gasteiger partial charge in [0.05, 0.1) is 16.6 Å². The fourth-order valence-electron chi connectivity index (χ4n) is 1.83. The quantitative estimate of drug-likeness (QED) is 0.758. The number of ether oxygens (including phenoxy) is 1. The lowest BCUT2D eigenvalue weighted by molar-refractivity contribution is -0.119. The number of halogens is 3. The van der Waals surface area contributed by atoms with Crippen molar-refractivity contribution in [1.29, 1.82) is 0 Å². The van der Waals surface area contributed by atoms with Crippen LogP contribution in [0.3, 0.4) is 0 Å². The molecule has 1 aromatic heterocycles. The Balaban J connectivity index is 0.00000288. The van der Waals surface area contributed by atoms with Gasteiger partial charge in [0.25, 0.3) is 0 Å². The van der Waals surface area contributed by atoms with Crippen molar-refractivity contribution in [3.05, 3.63) is 53.3 Å². The normalized spacial score (nSPS) is 12.2. The van der Waals surface area contributed by atoms with E-state index in [4.69, 9.17) is 22.1 Å². The molecule has 8 heteroatoms.